The Morgan fingerprint density at radius 1 is 1.33 bits per heavy atom. The van der Waals surface area contributed by atoms with Gasteiger partial charge in [-0.1, -0.05) is 6.92 Å². The second-order valence-electron chi connectivity index (χ2n) is 3.19. The van der Waals surface area contributed by atoms with E-state index in [4.69, 9.17) is 0 Å². The lowest BCUT2D eigenvalue weighted by Crippen LogP contribution is -1.88. The zero-order valence-electron chi connectivity index (χ0n) is 8.40. The van der Waals surface area contributed by atoms with Crippen molar-refractivity contribution in [2.45, 2.75) is 18.4 Å². The molecule has 0 amide bonds. The van der Waals surface area contributed by atoms with Crippen LogP contribution in [0.4, 0.5) is 0 Å². The Balaban J connectivity index is 2.48. The van der Waals surface area contributed by atoms with E-state index >= 15 is 0 Å². The molecule has 0 fully saturated rings. The molecule has 0 aliphatic rings. The van der Waals surface area contributed by atoms with E-state index in [9.17, 15) is 0 Å². The van der Waals surface area contributed by atoms with E-state index in [0.29, 0.717) is 0 Å². The first-order chi connectivity index (χ1) is 7.31. The van der Waals surface area contributed by atoms with Crippen LogP contribution in [0.25, 0.3) is 10.9 Å². The summed E-state index contributed by atoms with van der Waals surface area (Å²) in [5.41, 5.74) is 1.03. The maximum atomic E-state index is 4.33. The summed E-state index contributed by atoms with van der Waals surface area (Å²) in [6.45, 7) is 2.18. The Morgan fingerprint density at radius 3 is 3.00 bits per heavy atom. The molecule has 4 heteroatoms. The molecule has 1 aromatic carbocycles. The number of thioether (sulfide) groups is 1. The van der Waals surface area contributed by atoms with Gasteiger partial charge in [-0.3, -0.25) is 0 Å². The van der Waals surface area contributed by atoms with Crippen LogP contribution in [0.2, 0.25) is 0 Å². The molecule has 0 bridgehead atoms. The van der Waals surface area contributed by atoms with E-state index in [1.54, 1.807) is 18.1 Å². The molecule has 78 valence electrons. The number of hydrogen-bond donors (Lipinski definition) is 0. The normalized spacial score (nSPS) is 10.8. The van der Waals surface area contributed by atoms with E-state index in [1.165, 1.54) is 15.4 Å². The smallest absolute Gasteiger partial charge is 0.117 e. The van der Waals surface area contributed by atoms with Crippen LogP contribution in [0.5, 0.6) is 0 Å². The summed E-state index contributed by atoms with van der Waals surface area (Å²) in [5, 5.41) is 2.27. The van der Waals surface area contributed by atoms with Crippen LogP contribution in [0.3, 0.4) is 0 Å². The van der Waals surface area contributed by atoms with Gasteiger partial charge in [0.1, 0.15) is 11.4 Å². The molecule has 2 nitrogen and oxygen atoms in total. The van der Waals surface area contributed by atoms with Gasteiger partial charge in [0.2, 0.25) is 0 Å². The van der Waals surface area contributed by atoms with Gasteiger partial charge < -0.3 is 0 Å². The van der Waals surface area contributed by atoms with Crippen molar-refractivity contribution in [3.8, 4) is 0 Å². The first-order valence-corrected chi connectivity index (χ1v) is 6.90. The van der Waals surface area contributed by atoms with Crippen molar-refractivity contribution in [2.75, 3.05) is 5.75 Å². The molecule has 0 aliphatic carbocycles. The highest BCUT2D eigenvalue weighted by Gasteiger charge is 2.03. The highest BCUT2D eigenvalue weighted by Crippen LogP contribution is 2.25. The van der Waals surface area contributed by atoms with Crippen LogP contribution >= 0.6 is 34.4 Å². The van der Waals surface area contributed by atoms with Crippen molar-refractivity contribution in [1.82, 2.24) is 9.97 Å². The molecule has 2 aromatic rings. The molecule has 1 heterocycles. The first kappa shape index (κ1) is 11.1. The second kappa shape index (κ2) is 5.12. The molecule has 0 aliphatic heterocycles. The summed E-state index contributed by atoms with van der Waals surface area (Å²) >= 11 is 4.12. The fourth-order valence-electron chi connectivity index (χ4n) is 1.32. The highest BCUT2D eigenvalue weighted by molar-refractivity contribution is 14.1. The average molecular weight is 330 g/mol. The number of aromatic nitrogens is 2. The van der Waals surface area contributed by atoms with Crippen LogP contribution < -0.4 is 0 Å². The van der Waals surface area contributed by atoms with E-state index < -0.39 is 0 Å². The third kappa shape index (κ3) is 2.60. The van der Waals surface area contributed by atoms with Crippen LogP contribution in [-0.4, -0.2) is 15.7 Å². The third-order valence-corrected chi connectivity index (χ3v) is 3.89. The third-order valence-electron chi connectivity index (χ3n) is 2.00. The summed E-state index contributed by atoms with van der Waals surface area (Å²) in [4.78, 5) is 8.60. The minimum atomic E-state index is 1.03. The van der Waals surface area contributed by atoms with Crippen LogP contribution in [0.15, 0.2) is 29.6 Å². The quantitative estimate of drug-likeness (QED) is 0.487. The van der Waals surface area contributed by atoms with E-state index in [-0.39, 0.29) is 0 Å². The van der Waals surface area contributed by atoms with Gasteiger partial charge in [-0.15, -0.1) is 11.8 Å². The predicted octanol–water partition coefficient (Wildman–Crippen LogP) is 3.74. The molecule has 0 N–H and O–H groups in total. The van der Waals surface area contributed by atoms with Crippen molar-refractivity contribution >= 4 is 45.3 Å². The number of fused-ring (bicyclic) bond motifs is 1. The molecule has 0 spiro atoms. The zero-order valence-corrected chi connectivity index (χ0v) is 11.4. The van der Waals surface area contributed by atoms with Crippen LogP contribution in [0.1, 0.15) is 13.3 Å². The maximum absolute atomic E-state index is 4.33. The summed E-state index contributed by atoms with van der Waals surface area (Å²) in [7, 11) is 0. The fourth-order valence-corrected chi connectivity index (χ4v) is 2.65. The Kier molecular flexibility index (Phi) is 3.80. The average Bonchev–Trinajstić information content (AvgIpc) is 2.26. The minimum absolute atomic E-state index is 1.03. The van der Waals surface area contributed by atoms with Crippen LogP contribution in [0, 0.1) is 3.57 Å². The summed E-state index contributed by atoms with van der Waals surface area (Å²) in [6.07, 6.45) is 2.81. The predicted molar refractivity (Wildman–Crippen MR) is 73.3 cm³/mol. The number of nitrogens with zero attached hydrogens (tertiary/aromatic N) is 2. The van der Waals surface area contributed by atoms with Crippen molar-refractivity contribution in [3.63, 3.8) is 0 Å². The van der Waals surface area contributed by atoms with Crippen molar-refractivity contribution < 1.29 is 0 Å². The van der Waals surface area contributed by atoms with E-state index in [0.717, 1.165) is 16.3 Å². The van der Waals surface area contributed by atoms with Gasteiger partial charge in [-0.05, 0) is 53.0 Å². The molecule has 1 aromatic heterocycles. The largest absolute Gasteiger partial charge is 0.236 e. The highest BCUT2D eigenvalue weighted by atomic mass is 127. The Hall–Kier alpha value is -0.360. The number of hydrogen-bond acceptors (Lipinski definition) is 3. The fraction of sp³-hybridized carbons (Fsp3) is 0.273. The topological polar surface area (TPSA) is 25.8 Å². The minimum Gasteiger partial charge on any atom is -0.236 e. The molecular weight excluding hydrogens is 319 g/mol. The second-order valence-corrected chi connectivity index (χ2v) is 5.52. The van der Waals surface area contributed by atoms with Gasteiger partial charge in [0.05, 0.1) is 5.52 Å². The van der Waals surface area contributed by atoms with Crippen LogP contribution in [-0.2, 0) is 0 Å². The Bertz CT molecular complexity index is 473. The lowest BCUT2D eigenvalue weighted by molar-refractivity contribution is 1.07. The molecule has 2 rings (SSSR count). The van der Waals surface area contributed by atoms with Gasteiger partial charge in [0, 0.05) is 8.96 Å². The molecule has 0 atom stereocenters. The maximum Gasteiger partial charge on any atom is 0.117 e. The molecule has 15 heavy (non-hydrogen) atoms. The lowest BCUT2D eigenvalue weighted by Gasteiger charge is -2.03. The van der Waals surface area contributed by atoms with Gasteiger partial charge in [0.25, 0.3) is 0 Å². The molecule has 0 radical (unpaired) electrons. The van der Waals surface area contributed by atoms with Gasteiger partial charge >= 0.3 is 0 Å². The van der Waals surface area contributed by atoms with Crippen molar-refractivity contribution in [1.29, 1.82) is 0 Å². The SMILES string of the molecule is CCCSc1ncnc2ccc(I)cc12. The van der Waals surface area contributed by atoms with Gasteiger partial charge in [-0.2, -0.15) is 0 Å². The van der Waals surface area contributed by atoms with E-state index in [2.05, 4.69) is 57.7 Å². The number of benzene rings is 1. The van der Waals surface area contributed by atoms with Gasteiger partial charge in [-0.25, -0.2) is 9.97 Å². The monoisotopic (exact) mass is 330 g/mol. The molecule has 0 unspecified atom stereocenters. The number of rotatable bonds is 3. The number of halogens is 1. The first-order valence-electron chi connectivity index (χ1n) is 4.84. The molecule has 0 saturated heterocycles. The Morgan fingerprint density at radius 2 is 2.20 bits per heavy atom. The van der Waals surface area contributed by atoms with Crippen molar-refractivity contribution in [3.05, 3.63) is 28.1 Å². The molecule has 0 saturated carbocycles. The van der Waals surface area contributed by atoms with E-state index in [1.807, 2.05) is 0 Å². The summed E-state index contributed by atoms with van der Waals surface area (Å²) in [5.74, 6) is 1.11. The summed E-state index contributed by atoms with van der Waals surface area (Å²) < 4.78 is 1.23. The van der Waals surface area contributed by atoms with Crippen molar-refractivity contribution in [2.24, 2.45) is 0 Å². The zero-order chi connectivity index (χ0) is 10.7. The Labute approximate surface area is 107 Å². The van der Waals surface area contributed by atoms with Gasteiger partial charge in [0.15, 0.2) is 0 Å². The molecular formula is C11H11IN2S. The summed E-state index contributed by atoms with van der Waals surface area (Å²) in [6, 6.07) is 6.27. The lowest BCUT2D eigenvalue weighted by atomic mass is 10.2. The standard InChI is InChI=1S/C11H11IN2S/c1-2-5-15-11-9-6-8(12)3-4-10(9)13-7-14-11/h3-4,6-7H,2,5H2,1H3.